The van der Waals surface area contributed by atoms with Crippen molar-refractivity contribution >= 4 is 34.8 Å². The van der Waals surface area contributed by atoms with Crippen LogP contribution in [0.2, 0.25) is 10.0 Å². The van der Waals surface area contributed by atoms with Gasteiger partial charge in [0, 0.05) is 21.3 Å². The highest BCUT2D eigenvalue weighted by molar-refractivity contribution is 6.30. The average molecular weight is 437 g/mol. The molecule has 0 aliphatic rings. The van der Waals surface area contributed by atoms with Gasteiger partial charge in [-0.05, 0) is 85.6 Å². The third-order valence-electron chi connectivity index (χ3n) is 4.75. The predicted octanol–water partition coefficient (Wildman–Crippen LogP) is 6.11. The van der Waals surface area contributed by atoms with E-state index < -0.39 is 0 Å². The Bertz CT molecular complexity index is 1150. The third-order valence-corrected chi connectivity index (χ3v) is 5.25. The SMILES string of the molecule is Cc1ccc(NC(=O)c2nc(-c3ccc(Cl)cc3)n(-c3ccc(Cl)cc3)n2)cc1C. The number of aromatic nitrogens is 3. The van der Waals surface area contributed by atoms with Crippen LogP contribution in [-0.2, 0) is 0 Å². The van der Waals surface area contributed by atoms with Crippen LogP contribution in [0.3, 0.4) is 0 Å². The summed E-state index contributed by atoms with van der Waals surface area (Å²) in [6.45, 7) is 4.02. The van der Waals surface area contributed by atoms with Gasteiger partial charge in [-0.15, -0.1) is 5.10 Å². The molecular formula is C23H18Cl2N4O. The Morgan fingerprint density at radius 1 is 0.867 bits per heavy atom. The molecule has 1 aromatic heterocycles. The van der Waals surface area contributed by atoms with E-state index in [1.807, 2.05) is 56.3 Å². The Morgan fingerprint density at radius 2 is 1.50 bits per heavy atom. The number of nitrogens with one attached hydrogen (secondary N) is 1. The van der Waals surface area contributed by atoms with Gasteiger partial charge in [-0.2, -0.15) is 0 Å². The molecule has 1 heterocycles. The molecule has 0 radical (unpaired) electrons. The van der Waals surface area contributed by atoms with Crippen molar-refractivity contribution in [1.29, 1.82) is 0 Å². The second-order valence-corrected chi connectivity index (χ2v) is 7.78. The van der Waals surface area contributed by atoms with Crippen molar-refractivity contribution in [2.45, 2.75) is 13.8 Å². The maximum atomic E-state index is 12.9. The largest absolute Gasteiger partial charge is 0.319 e. The quantitative estimate of drug-likeness (QED) is 0.419. The van der Waals surface area contributed by atoms with Crippen molar-refractivity contribution in [3.05, 3.63) is 93.7 Å². The summed E-state index contributed by atoms with van der Waals surface area (Å²) in [7, 11) is 0. The summed E-state index contributed by atoms with van der Waals surface area (Å²) in [5.41, 5.74) is 4.46. The standard InChI is InChI=1S/C23H18Cl2N4O/c1-14-3-10-19(13-15(14)2)26-23(30)21-27-22(16-4-6-17(24)7-5-16)29(28-21)20-11-8-18(25)9-12-20/h3-13H,1-2H3,(H,26,30). The minimum atomic E-state index is -0.388. The van der Waals surface area contributed by atoms with Crippen LogP contribution in [0.4, 0.5) is 5.69 Å². The lowest BCUT2D eigenvalue weighted by Gasteiger charge is -2.06. The molecule has 0 aliphatic carbocycles. The average Bonchev–Trinajstić information content (AvgIpc) is 3.17. The van der Waals surface area contributed by atoms with Gasteiger partial charge in [-0.1, -0.05) is 29.3 Å². The highest BCUT2D eigenvalue weighted by atomic mass is 35.5. The Kier molecular flexibility index (Phi) is 5.57. The minimum Gasteiger partial charge on any atom is -0.319 e. The van der Waals surface area contributed by atoms with Crippen molar-refractivity contribution in [3.8, 4) is 17.1 Å². The number of carbonyl (C=O) groups excluding carboxylic acids is 1. The molecule has 0 aliphatic heterocycles. The molecule has 0 unspecified atom stereocenters. The van der Waals surface area contributed by atoms with Crippen molar-refractivity contribution in [2.75, 3.05) is 5.32 Å². The van der Waals surface area contributed by atoms with Crippen molar-refractivity contribution < 1.29 is 4.79 Å². The topological polar surface area (TPSA) is 59.8 Å². The summed E-state index contributed by atoms with van der Waals surface area (Å²) in [6, 6.07) is 20.1. The van der Waals surface area contributed by atoms with E-state index in [2.05, 4.69) is 15.4 Å². The van der Waals surface area contributed by atoms with E-state index >= 15 is 0 Å². The van der Waals surface area contributed by atoms with Gasteiger partial charge in [0.25, 0.3) is 5.91 Å². The van der Waals surface area contributed by atoms with Gasteiger partial charge >= 0.3 is 0 Å². The van der Waals surface area contributed by atoms with E-state index in [4.69, 9.17) is 23.2 Å². The Labute approximate surface area is 184 Å². The monoisotopic (exact) mass is 436 g/mol. The number of amides is 1. The van der Waals surface area contributed by atoms with E-state index in [-0.39, 0.29) is 11.7 Å². The molecule has 5 nitrogen and oxygen atoms in total. The lowest BCUT2D eigenvalue weighted by Crippen LogP contribution is -2.14. The van der Waals surface area contributed by atoms with Gasteiger partial charge in [0.1, 0.15) is 0 Å². The fourth-order valence-corrected chi connectivity index (χ4v) is 3.21. The van der Waals surface area contributed by atoms with Gasteiger partial charge in [-0.25, -0.2) is 9.67 Å². The number of halogens is 2. The summed E-state index contributed by atoms with van der Waals surface area (Å²) >= 11 is 12.0. The molecule has 0 fully saturated rings. The lowest BCUT2D eigenvalue weighted by atomic mass is 10.1. The van der Waals surface area contributed by atoms with Gasteiger partial charge < -0.3 is 5.32 Å². The first-order chi connectivity index (χ1) is 14.4. The van der Waals surface area contributed by atoms with Crippen molar-refractivity contribution in [2.24, 2.45) is 0 Å². The first kappa shape index (κ1) is 20.1. The van der Waals surface area contributed by atoms with Crippen LogP contribution in [0, 0.1) is 13.8 Å². The smallest absolute Gasteiger partial charge is 0.295 e. The van der Waals surface area contributed by atoms with Gasteiger partial charge in [0.15, 0.2) is 5.82 Å². The molecule has 4 aromatic rings. The maximum absolute atomic E-state index is 12.9. The second kappa shape index (κ2) is 8.30. The number of hydrogen-bond acceptors (Lipinski definition) is 3. The number of benzene rings is 3. The molecule has 0 saturated heterocycles. The molecule has 1 N–H and O–H groups in total. The summed E-state index contributed by atoms with van der Waals surface area (Å²) < 4.78 is 1.62. The van der Waals surface area contributed by atoms with E-state index in [1.165, 1.54) is 0 Å². The fourth-order valence-electron chi connectivity index (χ4n) is 2.96. The first-order valence-corrected chi connectivity index (χ1v) is 10.0. The number of aryl methyl sites for hydroxylation is 2. The number of hydrogen-bond donors (Lipinski definition) is 1. The molecule has 0 atom stereocenters. The van der Waals surface area contributed by atoms with E-state index in [0.717, 1.165) is 22.4 Å². The fraction of sp³-hybridized carbons (Fsp3) is 0.0870. The number of nitrogens with zero attached hydrogens (tertiary/aromatic N) is 3. The second-order valence-electron chi connectivity index (χ2n) is 6.91. The van der Waals surface area contributed by atoms with E-state index in [0.29, 0.717) is 21.6 Å². The summed E-state index contributed by atoms with van der Waals surface area (Å²) in [4.78, 5) is 17.4. The van der Waals surface area contributed by atoms with Crippen LogP contribution in [0.25, 0.3) is 17.1 Å². The number of anilines is 1. The molecular weight excluding hydrogens is 419 g/mol. The predicted molar refractivity (Wildman–Crippen MR) is 121 cm³/mol. The number of carbonyl (C=O) groups is 1. The van der Waals surface area contributed by atoms with Crippen LogP contribution in [0.15, 0.2) is 66.7 Å². The van der Waals surface area contributed by atoms with Crippen LogP contribution in [0.5, 0.6) is 0 Å². The molecule has 30 heavy (non-hydrogen) atoms. The molecule has 4 rings (SSSR count). The van der Waals surface area contributed by atoms with Gasteiger partial charge in [0.2, 0.25) is 5.82 Å². The summed E-state index contributed by atoms with van der Waals surface area (Å²) in [5.74, 6) is 0.202. The zero-order valence-electron chi connectivity index (χ0n) is 16.4. The van der Waals surface area contributed by atoms with Crippen molar-refractivity contribution in [1.82, 2.24) is 14.8 Å². The van der Waals surface area contributed by atoms with E-state index in [9.17, 15) is 4.79 Å². The molecule has 1 amide bonds. The normalized spacial score (nSPS) is 10.8. The van der Waals surface area contributed by atoms with Crippen LogP contribution in [0.1, 0.15) is 21.7 Å². The van der Waals surface area contributed by atoms with Crippen LogP contribution in [-0.4, -0.2) is 20.7 Å². The van der Waals surface area contributed by atoms with E-state index in [1.54, 1.807) is 28.9 Å². The Hall–Kier alpha value is -3.15. The van der Waals surface area contributed by atoms with Crippen LogP contribution < -0.4 is 5.32 Å². The first-order valence-electron chi connectivity index (χ1n) is 9.28. The maximum Gasteiger partial charge on any atom is 0.295 e. The zero-order chi connectivity index (χ0) is 21.3. The molecule has 0 bridgehead atoms. The van der Waals surface area contributed by atoms with Gasteiger partial charge in [0.05, 0.1) is 5.69 Å². The molecule has 150 valence electrons. The minimum absolute atomic E-state index is 0.0631. The highest BCUT2D eigenvalue weighted by Crippen LogP contribution is 2.24. The lowest BCUT2D eigenvalue weighted by molar-refractivity contribution is 0.101. The number of rotatable bonds is 4. The van der Waals surface area contributed by atoms with Crippen LogP contribution >= 0.6 is 23.2 Å². The zero-order valence-corrected chi connectivity index (χ0v) is 17.9. The molecule has 0 spiro atoms. The molecule has 0 saturated carbocycles. The summed E-state index contributed by atoms with van der Waals surface area (Å²) in [5, 5.41) is 8.56. The summed E-state index contributed by atoms with van der Waals surface area (Å²) in [6.07, 6.45) is 0. The third kappa shape index (κ3) is 4.22. The highest BCUT2D eigenvalue weighted by Gasteiger charge is 2.19. The Morgan fingerprint density at radius 3 is 2.13 bits per heavy atom. The van der Waals surface area contributed by atoms with Crippen molar-refractivity contribution in [3.63, 3.8) is 0 Å². The Balaban J connectivity index is 1.74. The van der Waals surface area contributed by atoms with Gasteiger partial charge in [-0.3, -0.25) is 4.79 Å². The molecule has 7 heteroatoms. The molecule has 3 aromatic carbocycles.